The number of fused-ring (bicyclic) bond motifs is 3. The average Bonchev–Trinajstić information content (AvgIpc) is 3.18. The summed E-state index contributed by atoms with van der Waals surface area (Å²) in [6.07, 6.45) is 7.21. The number of aliphatic hydroxyl groups is 2. The first kappa shape index (κ1) is 46.2. The molecule has 0 aromatic carbocycles. The lowest BCUT2D eigenvalue weighted by atomic mass is 9.82. The first-order valence-corrected chi connectivity index (χ1v) is 20.9. The number of hydrogen-bond donors (Lipinski definition) is 2. The highest BCUT2D eigenvalue weighted by Gasteiger charge is 2.56. The van der Waals surface area contributed by atoms with Crippen LogP contribution in [0.2, 0.25) is 0 Å². The van der Waals surface area contributed by atoms with Crippen LogP contribution in [-0.2, 0) is 42.9 Å². The van der Waals surface area contributed by atoms with Gasteiger partial charge < -0.3 is 33.9 Å². The number of esters is 1. The molecule has 1 saturated heterocycles. The van der Waals surface area contributed by atoms with Crippen LogP contribution in [0, 0.1) is 29.6 Å². The van der Waals surface area contributed by atoms with Crippen LogP contribution in [0.3, 0.4) is 0 Å². The molecule has 316 valence electrons. The molecule has 3 heterocycles. The van der Waals surface area contributed by atoms with Gasteiger partial charge in [-0.2, -0.15) is 0 Å². The third-order valence-electron chi connectivity index (χ3n) is 12.5. The number of rotatable bonds is 6. The standard InChI is InChI=1S/C43H66ClNO11/c1-10-30-18-24(2)17-25(3)19-36(53-8)39-37(54-9)21-27(5)43(51,56-39)40(48)41(49)45-16-12-11-13-32(45)42(50)55-38(28(6)33(46)23-34(30)47)26(4)20-29-14-15-31(44)35(22-29)52-7/h12,16,18,20,25,27-33,35-39,46,51H,10-11,13-15,17,19,21-23H2,1-9H3/b24-18+,26-20+/t25-,27+,28+,29-,30+,31-,32-,33-,35+,36?,37-,38+,39+,43+/m0/s1. The molecular weight excluding hydrogens is 742 g/mol. The summed E-state index contributed by atoms with van der Waals surface area (Å²) in [5.41, 5.74) is 1.68. The van der Waals surface area contributed by atoms with Crippen LogP contribution >= 0.6 is 11.6 Å². The molecule has 1 unspecified atom stereocenters. The molecule has 2 N–H and O–H groups in total. The first-order chi connectivity index (χ1) is 26.5. The number of carbonyl (C=O) groups is 4. The van der Waals surface area contributed by atoms with Crippen molar-refractivity contribution in [2.45, 2.75) is 160 Å². The van der Waals surface area contributed by atoms with Crippen molar-refractivity contribution in [2.24, 2.45) is 29.6 Å². The summed E-state index contributed by atoms with van der Waals surface area (Å²) < 4.78 is 29.8. The summed E-state index contributed by atoms with van der Waals surface area (Å²) in [5, 5.41) is 23.5. The van der Waals surface area contributed by atoms with E-state index in [1.807, 2.05) is 39.8 Å². The topological polar surface area (TPSA) is 158 Å². The van der Waals surface area contributed by atoms with Gasteiger partial charge >= 0.3 is 11.9 Å². The smallest absolute Gasteiger partial charge is 0.329 e. The molecule has 12 nitrogen and oxygen atoms in total. The summed E-state index contributed by atoms with van der Waals surface area (Å²) in [6, 6.07) is -1.20. The maximum absolute atomic E-state index is 14.3. The quantitative estimate of drug-likeness (QED) is 0.144. The van der Waals surface area contributed by atoms with E-state index < -0.39 is 77.8 Å². The van der Waals surface area contributed by atoms with E-state index in [1.165, 1.54) is 20.4 Å². The van der Waals surface area contributed by atoms with Crippen LogP contribution in [-0.4, -0.2) is 114 Å². The Kier molecular flexibility index (Phi) is 16.9. The van der Waals surface area contributed by atoms with Crippen LogP contribution < -0.4 is 0 Å². The predicted octanol–water partition coefficient (Wildman–Crippen LogP) is 5.84. The Balaban J connectivity index is 1.77. The van der Waals surface area contributed by atoms with E-state index in [0.29, 0.717) is 37.7 Å². The number of ketones is 2. The van der Waals surface area contributed by atoms with Crippen molar-refractivity contribution in [3.05, 3.63) is 35.6 Å². The number of halogens is 1. The molecule has 56 heavy (non-hydrogen) atoms. The maximum Gasteiger partial charge on any atom is 0.329 e. The molecule has 2 bridgehead atoms. The fourth-order valence-corrected chi connectivity index (χ4v) is 9.39. The SMILES string of the molecule is CC[C@@H]1/C=C(\C)C[C@H](C)CC(OC)[C@H]2O[C@@](O)(C(=O)C(=O)N3C=CCC[C@H]3C(=O)O[C@H](/C(C)=C/[C@@H]3CC[C@H](Cl)[C@H](OC)C3)[C@H](C)[C@@H](O)CC1=O)[C@H](C)C[C@@H]2OC. The van der Waals surface area contributed by atoms with Gasteiger partial charge in [-0.05, 0) is 89.0 Å². The van der Waals surface area contributed by atoms with Crippen molar-refractivity contribution in [3.8, 4) is 0 Å². The maximum atomic E-state index is 14.3. The van der Waals surface area contributed by atoms with Crippen molar-refractivity contribution >= 4 is 35.0 Å². The summed E-state index contributed by atoms with van der Waals surface area (Å²) in [7, 11) is 4.69. The third kappa shape index (κ3) is 10.8. The molecule has 3 aliphatic heterocycles. The molecular formula is C43H66ClNO11. The number of Topliss-reactive ketones (excluding diaryl/α,β-unsaturated/α-hetero) is 2. The number of alkyl halides is 1. The Bertz CT molecular complexity index is 1480. The number of ether oxygens (including phenoxy) is 5. The Labute approximate surface area is 338 Å². The fraction of sp³-hybridized carbons (Fsp3) is 0.767. The van der Waals surface area contributed by atoms with Gasteiger partial charge in [-0.25, -0.2) is 4.79 Å². The minimum Gasteiger partial charge on any atom is -0.456 e. The second-order valence-electron chi connectivity index (χ2n) is 16.8. The van der Waals surface area contributed by atoms with Gasteiger partial charge in [0.05, 0.1) is 29.8 Å². The zero-order valence-electron chi connectivity index (χ0n) is 34.8. The molecule has 2 fully saturated rings. The molecule has 1 amide bonds. The average molecular weight is 808 g/mol. The summed E-state index contributed by atoms with van der Waals surface area (Å²) >= 11 is 6.52. The van der Waals surface area contributed by atoms with Gasteiger partial charge in [-0.1, -0.05) is 51.5 Å². The largest absolute Gasteiger partial charge is 0.456 e. The first-order valence-electron chi connectivity index (χ1n) is 20.4. The minimum atomic E-state index is -2.53. The van der Waals surface area contributed by atoms with Crippen molar-refractivity contribution in [3.63, 3.8) is 0 Å². The van der Waals surface area contributed by atoms with Gasteiger partial charge in [0.1, 0.15) is 24.0 Å². The lowest BCUT2D eigenvalue weighted by Crippen LogP contribution is -2.64. The van der Waals surface area contributed by atoms with E-state index in [9.17, 15) is 29.4 Å². The zero-order valence-corrected chi connectivity index (χ0v) is 35.5. The highest BCUT2D eigenvalue weighted by molar-refractivity contribution is 6.39. The van der Waals surface area contributed by atoms with Gasteiger partial charge in [-0.3, -0.25) is 19.3 Å². The van der Waals surface area contributed by atoms with Gasteiger partial charge in [0, 0.05) is 51.7 Å². The molecule has 0 aromatic rings. The van der Waals surface area contributed by atoms with E-state index in [-0.39, 0.29) is 48.4 Å². The molecule has 4 aliphatic rings. The van der Waals surface area contributed by atoms with Gasteiger partial charge in [0.25, 0.3) is 5.78 Å². The Hall–Kier alpha value is -2.45. The van der Waals surface area contributed by atoms with Crippen LogP contribution in [0.4, 0.5) is 0 Å². The monoisotopic (exact) mass is 807 g/mol. The van der Waals surface area contributed by atoms with Crippen molar-refractivity contribution in [1.29, 1.82) is 0 Å². The number of allylic oxidation sites excluding steroid dienone is 4. The number of aliphatic hydroxyl groups excluding tert-OH is 1. The normalized spacial score (nSPS) is 41.3. The molecule has 4 rings (SSSR count). The van der Waals surface area contributed by atoms with E-state index in [0.717, 1.165) is 23.3 Å². The molecule has 1 aliphatic carbocycles. The predicted molar refractivity (Wildman–Crippen MR) is 211 cm³/mol. The lowest BCUT2D eigenvalue weighted by Gasteiger charge is -2.46. The Morgan fingerprint density at radius 2 is 1.64 bits per heavy atom. The van der Waals surface area contributed by atoms with Gasteiger partial charge in [0.15, 0.2) is 0 Å². The molecule has 0 aromatic heterocycles. The number of cyclic esters (lactones) is 1. The Morgan fingerprint density at radius 1 is 0.982 bits per heavy atom. The van der Waals surface area contributed by atoms with Crippen molar-refractivity contribution in [2.75, 3.05) is 21.3 Å². The molecule has 0 spiro atoms. The van der Waals surface area contributed by atoms with E-state index in [4.69, 9.17) is 35.3 Å². The minimum absolute atomic E-state index is 0.0333. The lowest BCUT2D eigenvalue weighted by molar-refractivity contribution is -0.302. The number of hydrogen-bond acceptors (Lipinski definition) is 11. The van der Waals surface area contributed by atoms with Crippen LogP contribution in [0.15, 0.2) is 35.6 Å². The number of carbonyl (C=O) groups excluding carboxylic acids is 4. The summed E-state index contributed by atoms with van der Waals surface area (Å²) in [5.74, 6) is -7.61. The van der Waals surface area contributed by atoms with Gasteiger partial charge in [0.2, 0.25) is 5.79 Å². The number of amides is 1. The van der Waals surface area contributed by atoms with Crippen LogP contribution in [0.1, 0.15) is 106 Å². The second-order valence-corrected chi connectivity index (χ2v) is 17.3. The summed E-state index contributed by atoms with van der Waals surface area (Å²) in [4.78, 5) is 57.4. The highest BCUT2D eigenvalue weighted by atomic mass is 35.5. The van der Waals surface area contributed by atoms with Gasteiger partial charge in [-0.15, -0.1) is 11.6 Å². The van der Waals surface area contributed by atoms with E-state index >= 15 is 0 Å². The second kappa shape index (κ2) is 20.5. The van der Waals surface area contributed by atoms with Crippen LogP contribution in [0.5, 0.6) is 0 Å². The molecule has 14 atom stereocenters. The van der Waals surface area contributed by atoms with E-state index in [2.05, 4.69) is 0 Å². The number of nitrogens with zero attached hydrogens (tertiary/aromatic N) is 1. The van der Waals surface area contributed by atoms with Crippen molar-refractivity contribution in [1.82, 2.24) is 4.90 Å². The molecule has 0 radical (unpaired) electrons. The summed E-state index contributed by atoms with van der Waals surface area (Å²) in [6.45, 7) is 11.2. The number of methoxy groups -OCH3 is 3. The zero-order chi connectivity index (χ0) is 41.5. The van der Waals surface area contributed by atoms with Crippen LogP contribution in [0.25, 0.3) is 0 Å². The Morgan fingerprint density at radius 3 is 2.29 bits per heavy atom. The van der Waals surface area contributed by atoms with Crippen molar-refractivity contribution < 1.29 is 53.1 Å². The highest BCUT2D eigenvalue weighted by Crippen LogP contribution is 2.39. The third-order valence-corrected chi connectivity index (χ3v) is 13.0. The molecule has 1 saturated carbocycles. The fourth-order valence-electron chi connectivity index (χ4n) is 9.05. The molecule has 13 heteroatoms. The van der Waals surface area contributed by atoms with E-state index in [1.54, 1.807) is 27.0 Å².